The van der Waals surface area contributed by atoms with Gasteiger partial charge in [-0.3, -0.25) is 4.79 Å². The number of hydrogen-bond acceptors (Lipinski definition) is 4. The van der Waals surface area contributed by atoms with Gasteiger partial charge in [0.1, 0.15) is 0 Å². The van der Waals surface area contributed by atoms with Gasteiger partial charge in [0.05, 0.1) is 12.6 Å². The molecule has 1 atom stereocenters. The third kappa shape index (κ3) is 6.01. The van der Waals surface area contributed by atoms with Crippen LogP contribution in [0, 0.1) is 13.8 Å². The highest BCUT2D eigenvalue weighted by atomic mass is 32.2. The number of ether oxygens (including phenoxy) is 1. The molecule has 0 aliphatic carbocycles. The van der Waals surface area contributed by atoms with E-state index < -0.39 is 10.2 Å². The molecule has 0 saturated carbocycles. The molecule has 7 nitrogen and oxygen atoms in total. The van der Waals surface area contributed by atoms with Gasteiger partial charge in [0.2, 0.25) is 5.91 Å². The summed E-state index contributed by atoms with van der Waals surface area (Å²) in [5, 5.41) is 2.86. The SMILES string of the molecule is CCCCN(C)S(=O)(=O)N(CC(=O)Nc1cccc(C)c1C)CC1CCCO1. The molecule has 0 aromatic heterocycles. The van der Waals surface area contributed by atoms with Crippen molar-refractivity contribution in [3.05, 3.63) is 29.3 Å². The first-order valence-corrected chi connectivity index (χ1v) is 11.3. The number of hydrogen-bond donors (Lipinski definition) is 1. The van der Waals surface area contributed by atoms with Crippen molar-refractivity contribution >= 4 is 21.8 Å². The number of aryl methyl sites for hydroxylation is 1. The molecule has 8 heteroatoms. The zero-order valence-corrected chi connectivity index (χ0v) is 18.2. The number of anilines is 1. The molecule has 1 aromatic carbocycles. The fourth-order valence-corrected chi connectivity index (χ4v) is 4.57. The Morgan fingerprint density at radius 2 is 2.07 bits per heavy atom. The maximum absolute atomic E-state index is 13.0. The van der Waals surface area contributed by atoms with Gasteiger partial charge in [-0.25, -0.2) is 0 Å². The summed E-state index contributed by atoms with van der Waals surface area (Å²) in [6.07, 6.45) is 3.24. The van der Waals surface area contributed by atoms with Gasteiger partial charge < -0.3 is 10.1 Å². The second-order valence-corrected chi connectivity index (χ2v) is 9.44. The number of carbonyl (C=O) groups is 1. The normalized spacial score (nSPS) is 17.4. The predicted octanol–water partition coefficient (Wildman–Crippen LogP) is 2.70. The molecule has 1 aliphatic rings. The van der Waals surface area contributed by atoms with Crippen molar-refractivity contribution < 1.29 is 17.9 Å². The summed E-state index contributed by atoms with van der Waals surface area (Å²) in [4.78, 5) is 12.7. The highest BCUT2D eigenvalue weighted by Crippen LogP contribution is 2.20. The van der Waals surface area contributed by atoms with Gasteiger partial charge in [-0.1, -0.05) is 25.5 Å². The Morgan fingerprint density at radius 3 is 2.71 bits per heavy atom. The Balaban J connectivity index is 2.13. The summed E-state index contributed by atoms with van der Waals surface area (Å²) in [7, 11) is -2.18. The van der Waals surface area contributed by atoms with Gasteiger partial charge in [-0.15, -0.1) is 0 Å². The number of nitrogens with zero attached hydrogens (tertiary/aromatic N) is 2. The first-order valence-electron chi connectivity index (χ1n) is 9.94. The van der Waals surface area contributed by atoms with Gasteiger partial charge in [0.15, 0.2) is 0 Å². The largest absolute Gasteiger partial charge is 0.377 e. The van der Waals surface area contributed by atoms with Gasteiger partial charge in [-0.05, 0) is 50.3 Å². The van der Waals surface area contributed by atoms with Crippen LogP contribution in [0.5, 0.6) is 0 Å². The number of nitrogens with one attached hydrogen (secondary N) is 1. The van der Waals surface area contributed by atoms with E-state index >= 15 is 0 Å². The van der Waals surface area contributed by atoms with Crippen LogP contribution in [0.15, 0.2) is 18.2 Å². The first kappa shape index (κ1) is 22.8. The molecule has 0 radical (unpaired) electrons. The lowest BCUT2D eigenvalue weighted by Gasteiger charge is -2.29. The molecule has 1 saturated heterocycles. The molecule has 1 unspecified atom stereocenters. The summed E-state index contributed by atoms with van der Waals surface area (Å²) in [5.74, 6) is -0.348. The molecule has 2 rings (SSSR count). The fraction of sp³-hybridized carbons (Fsp3) is 0.650. The quantitative estimate of drug-likeness (QED) is 0.642. The summed E-state index contributed by atoms with van der Waals surface area (Å²) in [5.41, 5.74) is 2.75. The Bertz CT molecular complexity index is 761. The summed E-state index contributed by atoms with van der Waals surface area (Å²) in [6.45, 7) is 6.96. The van der Waals surface area contributed by atoms with E-state index in [2.05, 4.69) is 5.32 Å². The molecule has 158 valence electrons. The molecule has 1 aromatic rings. The Morgan fingerprint density at radius 1 is 1.32 bits per heavy atom. The van der Waals surface area contributed by atoms with E-state index in [9.17, 15) is 13.2 Å². The highest BCUT2D eigenvalue weighted by molar-refractivity contribution is 7.86. The van der Waals surface area contributed by atoms with Crippen LogP contribution in [0.3, 0.4) is 0 Å². The van der Waals surface area contributed by atoms with E-state index in [-0.39, 0.29) is 25.1 Å². The molecular formula is C20H33N3O4S. The number of benzene rings is 1. The monoisotopic (exact) mass is 411 g/mol. The minimum atomic E-state index is -3.74. The first-order chi connectivity index (χ1) is 13.3. The van der Waals surface area contributed by atoms with Crippen molar-refractivity contribution in [2.45, 2.75) is 52.6 Å². The predicted molar refractivity (Wildman–Crippen MR) is 112 cm³/mol. The molecule has 1 heterocycles. The van der Waals surface area contributed by atoms with Crippen molar-refractivity contribution in [2.24, 2.45) is 0 Å². The Labute approximate surface area is 169 Å². The van der Waals surface area contributed by atoms with E-state index in [0.29, 0.717) is 18.8 Å². The molecule has 1 aliphatic heterocycles. The van der Waals surface area contributed by atoms with Crippen LogP contribution < -0.4 is 5.32 Å². The summed E-state index contributed by atoms with van der Waals surface area (Å²) < 4.78 is 34.3. The van der Waals surface area contributed by atoms with Crippen molar-refractivity contribution in [1.29, 1.82) is 0 Å². The lowest BCUT2D eigenvalue weighted by atomic mass is 10.1. The van der Waals surface area contributed by atoms with Crippen LogP contribution in [0.25, 0.3) is 0 Å². The average Bonchev–Trinajstić information content (AvgIpc) is 3.16. The minimum Gasteiger partial charge on any atom is -0.377 e. The molecule has 0 bridgehead atoms. The number of carbonyl (C=O) groups excluding carboxylic acids is 1. The zero-order chi connectivity index (χ0) is 20.7. The van der Waals surface area contributed by atoms with E-state index in [4.69, 9.17) is 4.74 Å². The maximum atomic E-state index is 13.0. The topological polar surface area (TPSA) is 79.0 Å². The van der Waals surface area contributed by atoms with Gasteiger partial charge in [0, 0.05) is 32.4 Å². The number of amides is 1. The van der Waals surface area contributed by atoms with Crippen molar-refractivity contribution in [3.8, 4) is 0 Å². The van der Waals surface area contributed by atoms with Crippen LogP contribution in [0.2, 0.25) is 0 Å². The number of rotatable bonds is 10. The van der Waals surface area contributed by atoms with E-state index in [1.54, 1.807) is 7.05 Å². The zero-order valence-electron chi connectivity index (χ0n) is 17.4. The Kier molecular flexibility index (Phi) is 8.42. The second-order valence-electron chi connectivity index (χ2n) is 7.41. The van der Waals surface area contributed by atoms with Crippen LogP contribution >= 0.6 is 0 Å². The van der Waals surface area contributed by atoms with Gasteiger partial charge >= 0.3 is 0 Å². The molecule has 28 heavy (non-hydrogen) atoms. The van der Waals surface area contributed by atoms with Gasteiger partial charge in [-0.2, -0.15) is 17.0 Å². The summed E-state index contributed by atoms with van der Waals surface area (Å²) in [6, 6.07) is 5.67. The molecular weight excluding hydrogens is 378 g/mol. The van der Waals surface area contributed by atoms with Crippen LogP contribution in [0.4, 0.5) is 5.69 Å². The summed E-state index contributed by atoms with van der Waals surface area (Å²) >= 11 is 0. The third-order valence-electron chi connectivity index (χ3n) is 5.18. The third-order valence-corrected chi connectivity index (χ3v) is 7.08. The van der Waals surface area contributed by atoms with Crippen molar-refractivity contribution in [2.75, 3.05) is 38.6 Å². The maximum Gasteiger partial charge on any atom is 0.282 e. The lowest BCUT2D eigenvalue weighted by Crippen LogP contribution is -2.48. The van der Waals surface area contributed by atoms with E-state index in [1.165, 1.54) is 8.61 Å². The van der Waals surface area contributed by atoms with Gasteiger partial charge in [0.25, 0.3) is 10.2 Å². The molecule has 1 amide bonds. The second kappa shape index (κ2) is 10.3. The van der Waals surface area contributed by atoms with E-state index in [1.807, 2.05) is 39.0 Å². The number of unbranched alkanes of at least 4 members (excludes halogenated alkanes) is 1. The van der Waals surface area contributed by atoms with Crippen molar-refractivity contribution in [3.63, 3.8) is 0 Å². The minimum absolute atomic E-state index is 0.164. The molecule has 0 spiro atoms. The smallest absolute Gasteiger partial charge is 0.282 e. The highest BCUT2D eigenvalue weighted by Gasteiger charge is 2.32. The standard InChI is InChI=1S/C20H33N3O4S/c1-5-6-12-22(4)28(25,26)23(14-18-10-8-13-27-18)15-20(24)21-19-11-7-9-16(2)17(19)3/h7,9,11,18H,5-6,8,10,12-15H2,1-4H3,(H,21,24). The van der Waals surface area contributed by atoms with Crippen LogP contribution in [-0.4, -0.2) is 62.3 Å². The molecule has 1 fully saturated rings. The fourth-order valence-electron chi connectivity index (χ4n) is 3.19. The average molecular weight is 412 g/mol. The van der Waals surface area contributed by atoms with Crippen LogP contribution in [-0.2, 0) is 19.7 Å². The Hall–Kier alpha value is -1.48. The van der Waals surface area contributed by atoms with Crippen LogP contribution in [0.1, 0.15) is 43.7 Å². The van der Waals surface area contributed by atoms with Crippen molar-refractivity contribution in [1.82, 2.24) is 8.61 Å². The lowest BCUT2D eigenvalue weighted by molar-refractivity contribution is -0.116. The molecule has 1 N–H and O–H groups in total. The van der Waals surface area contributed by atoms with E-state index in [0.717, 1.165) is 36.8 Å².